The molecule has 3 aromatic rings. The molecule has 16 heavy (non-hydrogen) atoms. The summed E-state index contributed by atoms with van der Waals surface area (Å²) in [6, 6.07) is 13.2. The fourth-order valence-corrected chi connectivity index (χ4v) is 3.65. The number of fused-ring (bicyclic) bond motifs is 3. The van der Waals surface area contributed by atoms with E-state index in [9.17, 15) is 8.76 Å². The van der Waals surface area contributed by atoms with Crippen molar-refractivity contribution in [3.63, 3.8) is 0 Å². The third kappa shape index (κ3) is 1.38. The number of rotatable bonds is 1. The Kier molecular flexibility index (Phi) is 2.28. The van der Waals surface area contributed by atoms with Crippen molar-refractivity contribution in [1.29, 1.82) is 0 Å². The molecular weight excluding hydrogens is 240 g/mol. The second-order valence-electron chi connectivity index (χ2n) is 3.46. The van der Waals surface area contributed by atoms with Crippen LogP contribution in [0.25, 0.3) is 20.2 Å². The predicted molar refractivity (Wildman–Crippen MR) is 66.5 cm³/mol. The summed E-state index contributed by atoms with van der Waals surface area (Å²) in [4.78, 5) is 0.384. The summed E-state index contributed by atoms with van der Waals surface area (Å²) in [5.74, 6) is 0. The van der Waals surface area contributed by atoms with Crippen LogP contribution in [0.5, 0.6) is 0 Å². The van der Waals surface area contributed by atoms with E-state index in [0.717, 1.165) is 20.2 Å². The summed E-state index contributed by atoms with van der Waals surface area (Å²) in [6.07, 6.45) is 0. The minimum atomic E-state index is -2.18. The van der Waals surface area contributed by atoms with Crippen LogP contribution in [0.2, 0.25) is 0 Å². The van der Waals surface area contributed by atoms with Gasteiger partial charge in [0, 0.05) is 25.1 Å². The van der Waals surface area contributed by atoms with Crippen LogP contribution in [0, 0.1) is 0 Å². The van der Waals surface area contributed by atoms with Crippen LogP contribution in [-0.2, 0) is 11.1 Å². The van der Waals surface area contributed by atoms with Gasteiger partial charge in [-0.1, -0.05) is 24.3 Å². The molecule has 0 amide bonds. The fourth-order valence-electron chi connectivity index (χ4n) is 1.88. The van der Waals surface area contributed by atoms with E-state index in [-0.39, 0.29) is 0 Å². The van der Waals surface area contributed by atoms with Gasteiger partial charge in [0.15, 0.2) is 0 Å². The lowest BCUT2D eigenvalue weighted by Crippen LogP contribution is -1.88. The molecule has 0 aliphatic rings. The number of hydrogen-bond donors (Lipinski definition) is 0. The van der Waals surface area contributed by atoms with Crippen LogP contribution in [0.15, 0.2) is 47.4 Å². The van der Waals surface area contributed by atoms with E-state index in [1.807, 2.05) is 30.3 Å². The van der Waals surface area contributed by atoms with Gasteiger partial charge in [0.2, 0.25) is 0 Å². The van der Waals surface area contributed by atoms with Crippen molar-refractivity contribution in [2.45, 2.75) is 4.90 Å². The number of benzene rings is 2. The maximum Gasteiger partial charge on any atom is 0.0367 e. The molecule has 0 aliphatic carbocycles. The van der Waals surface area contributed by atoms with Crippen LogP contribution in [0.1, 0.15) is 0 Å². The Morgan fingerprint density at radius 2 is 1.75 bits per heavy atom. The van der Waals surface area contributed by atoms with Crippen LogP contribution < -0.4 is 0 Å². The highest BCUT2D eigenvalue weighted by atomic mass is 32.2. The Labute approximate surface area is 98.8 Å². The monoisotopic (exact) mass is 247 g/mol. The summed E-state index contributed by atoms with van der Waals surface area (Å²) in [7, 11) is 0. The maximum absolute atomic E-state index is 11.2. The lowest BCUT2D eigenvalue weighted by molar-refractivity contribution is 0.538. The molecule has 0 radical (unpaired) electrons. The van der Waals surface area contributed by atoms with Gasteiger partial charge in [-0.3, -0.25) is 4.21 Å². The van der Waals surface area contributed by atoms with Crippen molar-refractivity contribution in [1.82, 2.24) is 0 Å². The summed E-state index contributed by atoms with van der Waals surface area (Å²) < 4.78 is 24.5. The van der Waals surface area contributed by atoms with Crippen molar-refractivity contribution >= 4 is 42.6 Å². The average molecular weight is 247 g/mol. The van der Waals surface area contributed by atoms with Crippen LogP contribution >= 0.6 is 11.3 Å². The standard InChI is InChI=1S/C12H8O2S2/c13-16(14)11-7-3-6-10-12(11)8-4-1-2-5-9(8)15-10/h1-7H,(H,13,14)/p-1. The van der Waals surface area contributed by atoms with Gasteiger partial charge in [0.1, 0.15) is 0 Å². The molecular formula is C12H7O2S2-. The van der Waals surface area contributed by atoms with E-state index in [2.05, 4.69) is 0 Å². The minimum Gasteiger partial charge on any atom is -0.768 e. The van der Waals surface area contributed by atoms with Gasteiger partial charge in [-0.25, -0.2) is 0 Å². The van der Waals surface area contributed by atoms with Gasteiger partial charge < -0.3 is 4.55 Å². The van der Waals surface area contributed by atoms with Crippen molar-refractivity contribution < 1.29 is 8.76 Å². The van der Waals surface area contributed by atoms with Gasteiger partial charge in [0.05, 0.1) is 0 Å². The number of thiophene rings is 1. The molecule has 0 saturated heterocycles. The third-order valence-electron chi connectivity index (χ3n) is 2.54. The Morgan fingerprint density at radius 3 is 2.56 bits per heavy atom. The molecule has 0 aliphatic heterocycles. The van der Waals surface area contributed by atoms with Crippen LogP contribution in [-0.4, -0.2) is 8.76 Å². The Bertz CT molecular complexity index is 700. The normalized spacial score (nSPS) is 13.3. The maximum atomic E-state index is 11.2. The fraction of sp³-hybridized carbons (Fsp3) is 0. The van der Waals surface area contributed by atoms with E-state index in [4.69, 9.17) is 0 Å². The smallest absolute Gasteiger partial charge is 0.0367 e. The zero-order valence-corrected chi connectivity index (χ0v) is 9.81. The molecule has 3 rings (SSSR count). The molecule has 1 atom stereocenters. The lowest BCUT2D eigenvalue weighted by Gasteiger charge is -2.06. The van der Waals surface area contributed by atoms with Crippen molar-refractivity contribution in [3.05, 3.63) is 42.5 Å². The molecule has 0 bridgehead atoms. The molecule has 1 unspecified atom stereocenters. The molecule has 2 aromatic carbocycles. The molecule has 1 heterocycles. The van der Waals surface area contributed by atoms with Crippen molar-refractivity contribution in [2.75, 3.05) is 0 Å². The van der Waals surface area contributed by atoms with Crippen molar-refractivity contribution in [2.24, 2.45) is 0 Å². The topological polar surface area (TPSA) is 40.1 Å². The van der Waals surface area contributed by atoms with E-state index in [1.54, 1.807) is 23.5 Å². The van der Waals surface area contributed by atoms with E-state index < -0.39 is 11.1 Å². The predicted octanol–water partition coefficient (Wildman–Crippen LogP) is 3.29. The molecule has 0 spiro atoms. The highest BCUT2D eigenvalue weighted by molar-refractivity contribution is 7.79. The second kappa shape index (κ2) is 3.66. The molecule has 4 heteroatoms. The quantitative estimate of drug-likeness (QED) is 0.619. The number of hydrogen-bond acceptors (Lipinski definition) is 3. The van der Waals surface area contributed by atoms with Crippen molar-refractivity contribution in [3.8, 4) is 0 Å². The summed E-state index contributed by atoms with van der Waals surface area (Å²) >= 11 is -0.561. The lowest BCUT2D eigenvalue weighted by atomic mass is 10.1. The first-order valence-corrected chi connectivity index (χ1v) is 6.66. The minimum absolute atomic E-state index is 0.384. The molecule has 0 N–H and O–H groups in total. The first-order chi connectivity index (χ1) is 7.77. The summed E-state index contributed by atoms with van der Waals surface area (Å²) in [6.45, 7) is 0. The molecule has 0 saturated carbocycles. The Morgan fingerprint density at radius 1 is 1.00 bits per heavy atom. The zero-order chi connectivity index (χ0) is 11.1. The van der Waals surface area contributed by atoms with Gasteiger partial charge in [-0.2, -0.15) is 0 Å². The van der Waals surface area contributed by atoms with E-state index in [0.29, 0.717) is 4.90 Å². The SMILES string of the molecule is O=S([O-])c1cccc2sc3ccccc3c12. The largest absolute Gasteiger partial charge is 0.768 e. The first kappa shape index (κ1) is 9.96. The van der Waals surface area contributed by atoms with Gasteiger partial charge in [-0.05, 0) is 29.3 Å². The Balaban J connectivity index is 2.57. The van der Waals surface area contributed by atoms with Gasteiger partial charge in [0.25, 0.3) is 0 Å². The summed E-state index contributed by atoms with van der Waals surface area (Å²) in [5, 5.41) is 1.86. The summed E-state index contributed by atoms with van der Waals surface area (Å²) in [5.41, 5.74) is 0. The average Bonchev–Trinajstić information content (AvgIpc) is 2.66. The third-order valence-corrected chi connectivity index (χ3v) is 4.38. The first-order valence-electron chi connectivity index (χ1n) is 4.77. The van der Waals surface area contributed by atoms with E-state index in [1.165, 1.54) is 0 Å². The molecule has 80 valence electrons. The zero-order valence-electron chi connectivity index (χ0n) is 8.17. The highest BCUT2D eigenvalue weighted by Gasteiger charge is 2.08. The van der Waals surface area contributed by atoms with Gasteiger partial charge >= 0.3 is 0 Å². The second-order valence-corrected chi connectivity index (χ2v) is 5.46. The Hall–Kier alpha value is -1.23. The molecule has 1 aromatic heterocycles. The van der Waals surface area contributed by atoms with Gasteiger partial charge in [-0.15, -0.1) is 11.3 Å². The van der Waals surface area contributed by atoms with Crippen LogP contribution in [0.3, 0.4) is 0 Å². The molecule has 2 nitrogen and oxygen atoms in total. The highest BCUT2D eigenvalue weighted by Crippen LogP contribution is 2.36. The van der Waals surface area contributed by atoms with E-state index >= 15 is 0 Å². The molecule has 0 fully saturated rings. The van der Waals surface area contributed by atoms with Crippen LogP contribution in [0.4, 0.5) is 0 Å².